The molecule has 1 aliphatic heterocycles. The van der Waals surface area contributed by atoms with Gasteiger partial charge in [-0.25, -0.2) is 0 Å². The summed E-state index contributed by atoms with van der Waals surface area (Å²) in [6.45, 7) is 1.81. The van der Waals surface area contributed by atoms with Gasteiger partial charge >= 0.3 is 0 Å². The van der Waals surface area contributed by atoms with Crippen LogP contribution in [0.25, 0.3) is 0 Å². The fourth-order valence-corrected chi connectivity index (χ4v) is 2.26. The van der Waals surface area contributed by atoms with E-state index in [-0.39, 0.29) is 17.7 Å². The van der Waals surface area contributed by atoms with Crippen molar-refractivity contribution in [2.24, 2.45) is 5.92 Å². The molecule has 2 heterocycles. The van der Waals surface area contributed by atoms with E-state index in [1.807, 2.05) is 13.0 Å². The molecule has 1 atom stereocenters. The lowest BCUT2D eigenvalue weighted by Gasteiger charge is -2.17. The number of hydrogen-bond acceptors (Lipinski definition) is 4. The van der Waals surface area contributed by atoms with Gasteiger partial charge in [0, 0.05) is 17.0 Å². The first-order valence-corrected chi connectivity index (χ1v) is 6.36. The Hall–Kier alpha value is -2.63. The number of rotatable bonds is 1. The van der Waals surface area contributed by atoms with Crippen molar-refractivity contribution in [2.45, 2.75) is 13.3 Å². The fourth-order valence-electron chi connectivity index (χ4n) is 2.26. The molecule has 6 nitrogen and oxygen atoms in total. The number of anilines is 2. The molecule has 3 N–H and O–H groups in total. The van der Waals surface area contributed by atoms with E-state index >= 15 is 0 Å². The molecule has 20 heavy (non-hydrogen) atoms. The minimum Gasteiger partial charge on any atom is -0.383 e. The topological polar surface area (TPSA) is 90.0 Å². The van der Waals surface area contributed by atoms with Crippen molar-refractivity contribution in [1.82, 2.24) is 9.78 Å². The van der Waals surface area contributed by atoms with Crippen molar-refractivity contribution >= 4 is 23.5 Å². The third-order valence-electron chi connectivity index (χ3n) is 3.44. The number of carbonyl (C=O) groups excluding carboxylic acids is 2. The van der Waals surface area contributed by atoms with Crippen molar-refractivity contribution in [3.05, 3.63) is 41.5 Å². The van der Waals surface area contributed by atoms with Crippen LogP contribution in [-0.4, -0.2) is 21.6 Å². The lowest BCUT2D eigenvalue weighted by molar-refractivity contribution is -0.119. The number of amides is 1. The summed E-state index contributed by atoms with van der Waals surface area (Å²) in [6.07, 6.45) is 0.495. The maximum atomic E-state index is 12.4. The number of aromatic nitrogens is 2. The number of nitrogens with zero attached hydrogens (tertiary/aromatic N) is 2. The van der Waals surface area contributed by atoms with Crippen molar-refractivity contribution in [3.8, 4) is 0 Å². The van der Waals surface area contributed by atoms with E-state index in [0.29, 0.717) is 23.6 Å². The number of nitrogens with two attached hydrogens (primary N) is 1. The average Bonchev–Trinajstić information content (AvgIpc) is 2.77. The molecule has 2 aromatic rings. The first kappa shape index (κ1) is 12.4. The average molecular weight is 270 g/mol. The fraction of sp³-hybridized carbons (Fsp3) is 0.214. The molecular formula is C14H14N4O2. The van der Waals surface area contributed by atoms with Crippen LogP contribution in [-0.2, 0) is 11.2 Å². The minimum absolute atomic E-state index is 0.102. The Morgan fingerprint density at radius 3 is 2.80 bits per heavy atom. The van der Waals surface area contributed by atoms with E-state index in [1.165, 1.54) is 0 Å². The molecule has 1 aliphatic rings. The number of nitrogen functional groups attached to an aromatic ring is 1. The molecule has 0 radical (unpaired) electrons. The second-order valence-corrected chi connectivity index (χ2v) is 4.89. The molecule has 1 aromatic carbocycles. The summed E-state index contributed by atoms with van der Waals surface area (Å²) in [7, 11) is 0. The monoisotopic (exact) mass is 270 g/mol. The molecule has 0 fully saturated rings. The first-order chi connectivity index (χ1) is 9.58. The number of carbonyl (C=O) groups is 2. The highest BCUT2D eigenvalue weighted by molar-refractivity contribution is 6.00. The predicted octanol–water partition coefficient (Wildman–Crippen LogP) is 1.28. The summed E-state index contributed by atoms with van der Waals surface area (Å²) >= 11 is 0. The molecule has 6 heteroatoms. The van der Waals surface area contributed by atoms with Gasteiger partial charge in [-0.2, -0.15) is 4.68 Å². The van der Waals surface area contributed by atoms with Crippen molar-refractivity contribution in [3.63, 3.8) is 0 Å². The molecule has 1 unspecified atom stereocenters. The summed E-state index contributed by atoms with van der Waals surface area (Å²) in [4.78, 5) is 24.0. The van der Waals surface area contributed by atoms with Crippen LogP contribution in [0.2, 0.25) is 0 Å². The van der Waals surface area contributed by atoms with Crippen molar-refractivity contribution < 1.29 is 9.59 Å². The van der Waals surface area contributed by atoms with E-state index in [2.05, 4.69) is 10.4 Å². The van der Waals surface area contributed by atoms with Crippen LogP contribution in [0.3, 0.4) is 0 Å². The lowest BCUT2D eigenvalue weighted by Crippen LogP contribution is -2.27. The SMILES string of the molecule is CC1Cc2c(nn(C(=O)c3ccccc3)c2N)NC1=O. The highest BCUT2D eigenvalue weighted by Gasteiger charge is 2.29. The van der Waals surface area contributed by atoms with Crippen LogP contribution in [0.4, 0.5) is 11.6 Å². The summed E-state index contributed by atoms with van der Waals surface area (Å²) in [6, 6.07) is 8.77. The van der Waals surface area contributed by atoms with Gasteiger partial charge in [0.2, 0.25) is 5.91 Å². The molecular weight excluding hydrogens is 256 g/mol. The van der Waals surface area contributed by atoms with E-state index in [0.717, 1.165) is 10.2 Å². The zero-order valence-corrected chi connectivity index (χ0v) is 11.0. The van der Waals surface area contributed by atoms with E-state index in [4.69, 9.17) is 5.73 Å². The highest BCUT2D eigenvalue weighted by Crippen LogP contribution is 2.29. The molecule has 1 amide bonds. The number of nitrogens with one attached hydrogen (secondary N) is 1. The molecule has 3 rings (SSSR count). The van der Waals surface area contributed by atoms with Gasteiger partial charge in [-0.1, -0.05) is 25.1 Å². The maximum Gasteiger partial charge on any atom is 0.280 e. The Labute approximate surface area is 115 Å². The molecule has 0 bridgehead atoms. The van der Waals surface area contributed by atoms with E-state index in [1.54, 1.807) is 24.3 Å². The molecule has 102 valence electrons. The maximum absolute atomic E-state index is 12.4. The molecule has 1 aromatic heterocycles. The Morgan fingerprint density at radius 1 is 1.40 bits per heavy atom. The third-order valence-corrected chi connectivity index (χ3v) is 3.44. The van der Waals surface area contributed by atoms with Gasteiger partial charge in [0.15, 0.2) is 5.82 Å². The predicted molar refractivity (Wildman–Crippen MR) is 74.3 cm³/mol. The molecule has 0 saturated carbocycles. The van der Waals surface area contributed by atoms with Gasteiger partial charge in [0.05, 0.1) is 0 Å². The normalized spacial score (nSPS) is 17.4. The van der Waals surface area contributed by atoms with Crippen LogP contribution in [0, 0.1) is 5.92 Å². The molecule has 0 saturated heterocycles. The van der Waals surface area contributed by atoms with Crippen molar-refractivity contribution in [2.75, 3.05) is 11.1 Å². The van der Waals surface area contributed by atoms with E-state index in [9.17, 15) is 9.59 Å². The van der Waals surface area contributed by atoms with Gasteiger partial charge in [-0.3, -0.25) is 9.59 Å². The van der Waals surface area contributed by atoms with Crippen LogP contribution < -0.4 is 11.1 Å². The quantitative estimate of drug-likeness (QED) is 0.816. The summed E-state index contributed by atoms with van der Waals surface area (Å²) in [5, 5.41) is 6.80. The van der Waals surface area contributed by atoms with Gasteiger partial charge in [-0.15, -0.1) is 5.10 Å². The summed E-state index contributed by atoms with van der Waals surface area (Å²) in [5.41, 5.74) is 7.22. The van der Waals surface area contributed by atoms with Gasteiger partial charge in [0.25, 0.3) is 5.91 Å². The Morgan fingerprint density at radius 2 is 2.10 bits per heavy atom. The Balaban J connectivity index is 2.03. The highest BCUT2D eigenvalue weighted by atomic mass is 16.2. The molecule has 0 spiro atoms. The second-order valence-electron chi connectivity index (χ2n) is 4.89. The Kier molecular flexibility index (Phi) is 2.78. The van der Waals surface area contributed by atoms with Gasteiger partial charge in [0.1, 0.15) is 5.82 Å². The number of benzene rings is 1. The number of hydrogen-bond donors (Lipinski definition) is 2. The largest absolute Gasteiger partial charge is 0.383 e. The zero-order chi connectivity index (χ0) is 14.3. The van der Waals surface area contributed by atoms with Gasteiger partial charge in [-0.05, 0) is 18.6 Å². The second kappa shape index (κ2) is 4.48. The smallest absolute Gasteiger partial charge is 0.280 e. The lowest BCUT2D eigenvalue weighted by atomic mass is 9.98. The van der Waals surface area contributed by atoms with Gasteiger partial charge < -0.3 is 11.1 Å². The zero-order valence-electron chi connectivity index (χ0n) is 11.0. The Bertz CT molecular complexity index is 691. The summed E-state index contributed by atoms with van der Waals surface area (Å²) in [5.74, 6) is 0.0959. The standard InChI is InChI=1S/C14H14N4O2/c1-8-7-10-11(15)18(17-12(10)16-13(8)19)14(20)9-5-3-2-4-6-9/h2-6,8H,7,15H2,1H3,(H,16,17,19). The van der Waals surface area contributed by atoms with Crippen LogP contribution in [0.5, 0.6) is 0 Å². The van der Waals surface area contributed by atoms with Crippen molar-refractivity contribution in [1.29, 1.82) is 0 Å². The first-order valence-electron chi connectivity index (χ1n) is 6.36. The van der Waals surface area contributed by atoms with Crippen LogP contribution >= 0.6 is 0 Å². The third kappa shape index (κ3) is 1.85. The van der Waals surface area contributed by atoms with Crippen LogP contribution in [0.1, 0.15) is 22.8 Å². The summed E-state index contributed by atoms with van der Waals surface area (Å²) < 4.78 is 1.15. The van der Waals surface area contributed by atoms with E-state index < -0.39 is 0 Å². The molecule has 0 aliphatic carbocycles. The number of fused-ring (bicyclic) bond motifs is 1. The van der Waals surface area contributed by atoms with Crippen LogP contribution in [0.15, 0.2) is 30.3 Å². The minimum atomic E-state index is -0.306.